The average molecular weight is 2670 g/mol. The normalized spacial score (nSPS) is 9.71. The fourth-order valence-corrected chi connectivity index (χ4v) is 6.18. The first-order valence-corrected chi connectivity index (χ1v) is 46.1. The maximum atomic E-state index is 10.8. The monoisotopic (exact) mass is 2670 g/mol. The molecule has 49 heteroatoms. The zero-order valence-corrected chi connectivity index (χ0v) is 91.9. The van der Waals surface area contributed by atoms with Gasteiger partial charge in [0.05, 0.1) is 47.7 Å². The van der Waals surface area contributed by atoms with E-state index in [1.165, 1.54) is 140 Å². The van der Waals surface area contributed by atoms with E-state index >= 15 is 0 Å². The number of nitrogens with zero attached hydrogens (tertiary/aromatic N) is 19. The zero-order chi connectivity index (χ0) is 90.5. The van der Waals surface area contributed by atoms with Crippen LogP contribution in [0, 0.1) is 11.4 Å². The van der Waals surface area contributed by atoms with Crippen LogP contribution in [0.5, 0.6) is 0 Å². The van der Waals surface area contributed by atoms with E-state index in [0.717, 1.165) is 67.9 Å². The minimum Gasteiger partial charge on any atom is -0.481 e. The number of nitrogens with two attached hydrogens (primary N) is 2. The van der Waals surface area contributed by atoms with E-state index in [9.17, 15) is 9.59 Å². The summed E-state index contributed by atoms with van der Waals surface area (Å²) < 4.78 is 10.4. The third-order valence-electron chi connectivity index (χ3n) is 10.3. The van der Waals surface area contributed by atoms with Crippen LogP contribution >= 0.6 is 204 Å². The van der Waals surface area contributed by atoms with Crippen LogP contribution < -0.4 is 32.3 Å². The van der Waals surface area contributed by atoms with Gasteiger partial charge in [0.2, 0.25) is 11.1 Å². The van der Waals surface area contributed by atoms with Gasteiger partial charge in [0, 0.05) is 95.7 Å². The maximum absolute atomic E-state index is 10.8. The van der Waals surface area contributed by atoms with Crippen LogP contribution in [-0.4, -0.2) is 214 Å². The molecule has 664 valence electrons. The number of amides is 1. The van der Waals surface area contributed by atoms with Crippen LogP contribution in [0.3, 0.4) is 0 Å². The summed E-state index contributed by atoms with van der Waals surface area (Å²) in [5.41, 5.74) is 19.2. The first-order chi connectivity index (χ1) is 55.6. The predicted molar refractivity (Wildman–Crippen MR) is 551 cm³/mol. The molecule has 0 aliphatic carbocycles. The molecule has 0 atom stereocenters. The summed E-state index contributed by atoms with van der Waals surface area (Å²) in [5, 5.41) is 15.9. The Balaban J connectivity index is -0.000000187. The van der Waals surface area contributed by atoms with Crippen LogP contribution in [-0.2, 0) is 61.0 Å². The van der Waals surface area contributed by atoms with Crippen LogP contribution in [0.1, 0.15) is 148 Å². The molecule has 0 unspecified atom stereocenters. The number of anilines is 5. The van der Waals surface area contributed by atoms with Gasteiger partial charge in [-0.25, -0.2) is 89.7 Å². The van der Waals surface area contributed by atoms with Gasteiger partial charge in [-0.3, -0.25) is 18.8 Å². The molecule has 0 bridgehead atoms. The van der Waals surface area contributed by atoms with E-state index in [2.05, 4.69) is 402 Å². The molecule has 1 saturated heterocycles. The number of imidazole rings is 6. The molecule has 36 nitrogen and oxygen atoms in total. The first-order valence-electron chi connectivity index (χ1n) is 35.6. The molecule has 4 radical (unpaired) electrons. The zero-order valence-electron chi connectivity index (χ0n) is 70.3. The van der Waals surface area contributed by atoms with E-state index in [4.69, 9.17) is 42.5 Å². The molecule has 0 saturated carbocycles. The molecule has 0 spiro atoms. The van der Waals surface area contributed by atoms with Crippen molar-refractivity contribution < 1.29 is 66.1 Å². The maximum Gasteiger partial charge on any atom is 0.300 e. The van der Waals surface area contributed by atoms with Crippen molar-refractivity contribution in [3.05, 3.63) is 92.4 Å². The number of H-pyrrole nitrogens is 6. The molecule has 1 amide bonds. The second-order valence-corrected chi connectivity index (χ2v) is 43.8. The SMILES string of the molecule is C1CCOC1.CC(=O)Cl.CC(=O)Nc1ncnc2nc[nH]c12.CC(=O)O.CC(C)I.CC=O.CCC.CCC(I)(I)I.CCC(I)I.CCCI.CCNc1ncnc2nc[nH]c12.CC[CH-]I.CN(C)c1ncnc2nc[nH]c12.CNC.Clc1ncnc2nc[nH]c12.Nc1ncnc2nc[nH]c12.Nc1ncnc2nc[nH]c12.[B]C.[CH2-]CC.[V].[V]. The number of carboxylic acids is 1. The van der Waals surface area contributed by atoms with Gasteiger partial charge in [0.1, 0.15) is 76.8 Å². The number of carboxylic acid groups (broad SMARTS) is 1. The summed E-state index contributed by atoms with van der Waals surface area (Å²) in [6, 6.07) is 0. The Bertz CT molecular complexity index is 4110. The number of ether oxygens (including phenoxy) is 1. The second kappa shape index (κ2) is 89.2. The van der Waals surface area contributed by atoms with Gasteiger partial charge in [-0.1, -0.05) is 245 Å². The minimum absolute atomic E-state index is 0. The third-order valence-corrected chi connectivity index (χ3v) is 16.6. The summed E-state index contributed by atoms with van der Waals surface area (Å²) in [6.45, 7) is 34.3. The molecule has 13 rings (SSSR count). The number of aliphatic carboxylic acids is 1. The minimum atomic E-state index is -0.833. The van der Waals surface area contributed by atoms with Crippen LogP contribution in [0.4, 0.5) is 29.1 Å². The fraction of sp³-hybridized carbons (Fsp3) is 0.486. The molecule has 119 heavy (non-hydrogen) atoms. The van der Waals surface area contributed by atoms with Crippen molar-refractivity contribution in [1.29, 1.82) is 0 Å². The van der Waals surface area contributed by atoms with E-state index in [1.54, 1.807) is 12.7 Å². The van der Waals surface area contributed by atoms with E-state index in [0.29, 0.717) is 78.0 Å². The molecule has 12 aromatic heterocycles. The Morgan fingerprint density at radius 3 is 1.14 bits per heavy atom. The number of alkyl halides is 7. The number of carbonyl (C=O) groups is 4. The summed E-state index contributed by atoms with van der Waals surface area (Å²) in [4.78, 5) is 128. The number of halogens is 10. The molecular weight excluding hydrogens is 2560 g/mol. The number of aromatic nitrogens is 24. The Labute approximate surface area is 843 Å². The molecular formula is C70H113BCl2I8N30O6V2-2. The number of hydrogen-bond donors (Lipinski definition) is 12. The molecule has 1 fully saturated rings. The van der Waals surface area contributed by atoms with Crippen molar-refractivity contribution in [1.82, 2.24) is 125 Å². The molecule has 1 aliphatic rings. The number of fused-ring (bicyclic) bond motifs is 6. The summed E-state index contributed by atoms with van der Waals surface area (Å²) in [5.74, 6) is 1.98. The number of aldehydes is 1. The van der Waals surface area contributed by atoms with Crippen LogP contribution in [0.15, 0.2) is 75.9 Å². The number of nitrogens with one attached hydrogen (secondary N) is 9. The second-order valence-electron chi connectivity index (χ2n) is 21.3. The van der Waals surface area contributed by atoms with Gasteiger partial charge in [0.25, 0.3) is 5.97 Å². The third kappa shape index (κ3) is 74.3. The Kier molecular flexibility index (Phi) is 98.1. The summed E-state index contributed by atoms with van der Waals surface area (Å²) >= 11 is 29.3. The van der Waals surface area contributed by atoms with Crippen molar-refractivity contribution in [2.24, 2.45) is 0 Å². The molecule has 13 heterocycles. The van der Waals surface area contributed by atoms with Crippen LogP contribution in [0.2, 0.25) is 12.0 Å². The van der Waals surface area contributed by atoms with E-state index < -0.39 is 5.97 Å². The Morgan fingerprint density at radius 1 is 0.622 bits per heavy atom. The van der Waals surface area contributed by atoms with Gasteiger partial charge in [-0.2, -0.15) is 12.8 Å². The Hall–Kier alpha value is -3.65. The predicted octanol–water partition coefficient (Wildman–Crippen LogP) is 18.5. The summed E-state index contributed by atoms with van der Waals surface area (Å²) in [6.07, 6.45) is 28.4. The molecule has 1 aliphatic heterocycles. The van der Waals surface area contributed by atoms with Crippen LogP contribution in [0.25, 0.3) is 67.0 Å². The first kappa shape index (κ1) is 131. The summed E-state index contributed by atoms with van der Waals surface area (Å²) in [7, 11) is 12.1. The van der Waals surface area contributed by atoms with E-state index in [-0.39, 0.29) is 48.3 Å². The van der Waals surface area contributed by atoms with Gasteiger partial charge >= 0.3 is 0 Å². The van der Waals surface area contributed by atoms with Crippen molar-refractivity contribution in [3.63, 3.8) is 0 Å². The number of rotatable bonds is 8. The topological polar surface area (TPSA) is 516 Å². The van der Waals surface area contributed by atoms with Crippen molar-refractivity contribution in [3.8, 4) is 0 Å². The molecule has 12 aromatic rings. The van der Waals surface area contributed by atoms with Crippen molar-refractivity contribution in [2.75, 3.05) is 79.4 Å². The van der Waals surface area contributed by atoms with Crippen molar-refractivity contribution >= 4 is 331 Å². The van der Waals surface area contributed by atoms with Gasteiger partial charge in [0.15, 0.2) is 68.1 Å². The molecule has 0 aromatic carbocycles. The van der Waals surface area contributed by atoms with Gasteiger partial charge < -0.3 is 106 Å². The number of aromatic amines is 6. The smallest absolute Gasteiger partial charge is 0.300 e. The van der Waals surface area contributed by atoms with Gasteiger partial charge in [-0.05, 0) is 76.1 Å². The number of hydrogen-bond acceptors (Lipinski definition) is 28. The largest absolute Gasteiger partial charge is 0.481 e. The molecule has 14 N–H and O–H groups in total. The fourth-order valence-electron chi connectivity index (χ4n) is 6.00. The number of nitrogen functional groups attached to an aromatic ring is 2. The van der Waals surface area contributed by atoms with Crippen molar-refractivity contribution in [2.45, 2.75) is 160 Å². The quantitative estimate of drug-likeness (QED) is 0.0128. The number of carbonyl (C=O) groups excluding carboxylic acids is 3. The Morgan fingerprint density at radius 2 is 0.882 bits per heavy atom. The van der Waals surface area contributed by atoms with E-state index in [1.807, 2.05) is 46.9 Å². The average Bonchev–Trinajstić information content (AvgIpc) is 1.71. The standard InChI is InChI=1S/C7H7N5O.2C7H9N5.C5H3ClN4.2C5H5N5.C4H8O.C3H5I3.C3H6I2.2C3H7I.C3H6I.C3H8.C3H7.C2H3ClO.C2H7N.C2H4O2.C2H4O.CH3B.2V/c1-4(13)12-7-5-6(9-2-8-5)10-3-11-7;1-12(2)7-5-6(9-3-8-5)10-4-11-7;1-2-8-6-5-7(10-3-9-5)12-4-11-6;3*6-4-3-5(9-1-7-3)10-2-8-4;1-2-4-5-3-1;1-2-3(4,5)6;1-2-3(4)5;1-3(2)4;2*1-2-3-4;2*1-3-2;1-2(3)4;1-3-2;1-2(3)4;1-2-3;1-2;;/h2-3H,1H3,(H2,8,9,10,11,12,13);3-4H,1-2H3,(H,8,9,10,11);3-4H,2H2,1H3,(H2,8,9,10,11,12);1-2H,(H,7,8,9,10);2*1-2H,(H3,6,7,8,9,10);1-4H2;2H2,1H3;3H,2H2,1H3;3H,1-2H3;2-3H2,1H3;3H,2H2,1H3;3H2,1-2H3;1,3H2,2H3;1H3;3H,1-2H3;1H3,(H,3,4);2H,1H3;1H3;;/q;;;;;;;;;;;-1;;-1;;;;;;;. The van der Waals surface area contributed by atoms with Gasteiger partial charge in [-0.15, -0.1) is 0 Å².